The van der Waals surface area contributed by atoms with Crippen molar-refractivity contribution in [3.8, 4) is 17.6 Å². The number of nitro benzene ring substituents is 2. The molecule has 0 aliphatic carbocycles. The summed E-state index contributed by atoms with van der Waals surface area (Å²) in [5.41, 5.74) is -0.961. The van der Waals surface area contributed by atoms with Crippen molar-refractivity contribution in [1.29, 1.82) is 5.26 Å². The summed E-state index contributed by atoms with van der Waals surface area (Å²) in [5, 5.41) is 41.6. The molecule has 0 saturated carbocycles. The molecular formula is C22H20N4O9. The zero-order chi connectivity index (χ0) is 26.1. The Bertz CT molecular complexity index is 1210. The first-order valence-corrected chi connectivity index (χ1v) is 10.1. The first-order chi connectivity index (χ1) is 16.6. The van der Waals surface area contributed by atoms with Crippen molar-refractivity contribution in [3.63, 3.8) is 0 Å². The van der Waals surface area contributed by atoms with Crippen LogP contribution in [0.25, 0.3) is 6.08 Å². The van der Waals surface area contributed by atoms with Crippen LogP contribution >= 0.6 is 0 Å². The number of phenols is 1. The topological polar surface area (TPSA) is 186 Å². The average Bonchev–Trinajstić information content (AvgIpc) is 2.83. The molecule has 2 aromatic carbocycles. The fourth-order valence-corrected chi connectivity index (χ4v) is 2.88. The number of benzene rings is 2. The summed E-state index contributed by atoms with van der Waals surface area (Å²) in [6.07, 6.45) is -0.254. The Kier molecular flexibility index (Phi) is 8.82. The van der Waals surface area contributed by atoms with Gasteiger partial charge in [0.05, 0.1) is 9.85 Å². The molecule has 35 heavy (non-hydrogen) atoms. The van der Waals surface area contributed by atoms with Gasteiger partial charge in [0.1, 0.15) is 18.2 Å². The van der Waals surface area contributed by atoms with Crippen LogP contribution < -0.4 is 4.74 Å². The lowest BCUT2D eigenvalue weighted by molar-refractivity contribution is -0.386. The number of likely N-dealkylation sites (N-methyl/N-ethyl adjacent to an activating group) is 1. The Labute approximate surface area is 198 Å². The first-order valence-electron chi connectivity index (χ1n) is 10.1. The summed E-state index contributed by atoms with van der Waals surface area (Å²) >= 11 is 0. The van der Waals surface area contributed by atoms with Crippen LogP contribution in [0.5, 0.6) is 11.5 Å². The maximum atomic E-state index is 12.5. The highest BCUT2D eigenvalue weighted by molar-refractivity contribution is 6.01. The maximum Gasteiger partial charge on any atom is 0.514 e. The SMILES string of the molecule is CCN(CC)C(=O)/C(C#N)=C/c1cc(OC(=O)OCc2ccc([N+](=O)[O-])cc2)c(O)c([N+](=O)[O-])c1. The maximum absolute atomic E-state index is 12.5. The Morgan fingerprint density at radius 3 is 2.26 bits per heavy atom. The summed E-state index contributed by atoms with van der Waals surface area (Å²) in [4.78, 5) is 46.5. The lowest BCUT2D eigenvalue weighted by Gasteiger charge is -2.17. The number of aromatic hydroxyl groups is 1. The van der Waals surface area contributed by atoms with Crippen LogP contribution in [-0.4, -0.2) is 45.0 Å². The number of carbonyl (C=O) groups is 2. The molecule has 0 spiro atoms. The van der Waals surface area contributed by atoms with Crippen molar-refractivity contribution < 1.29 is 34.0 Å². The zero-order valence-electron chi connectivity index (χ0n) is 18.7. The largest absolute Gasteiger partial charge is 0.514 e. The third-order valence-electron chi connectivity index (χ3n) is 4.68. The normalized spacial score (nSPS) is 10.7. The first kappa shape index (κ1) is 26.3. The lowest BCUT2D eigenvalue weighted by Crippen LogP contribution is -2.31. The molecule has 0 saturated heterocycles. The molecule has 0 aromatic heterocycles. The molecule has 0 aliphatic heterocycles. The van der Waals surface area contributed by atoms with Crippen molar-refractivity contribution >= 4 is 29.5 Å². The predicted molar refractivity (Wildman–Crippen MR) is 120 cm³/mol. The van der Waals surface area contributed by atoms with E-state index in [0.717, 1.165) is 18.2 Å². The summed E-state index contributed by atoms with van der Waals surface area (Å²) < 4.78 is 9.78. The minimum absolute atomic E-state index is 0.0512. The predicted octanol–water partition coefficient (Wildman–Crippen LogP) is 3.70. The van der Waals surface area contributed by atoms with E-state index in [9.17, 15) is 40.2 Å². The molecule has 13 heteroatoms. The number of phenolic OH excluding ortho intramolecular Hbond substituents is 1. The second kappa shape index (κ2) is 11.8. The van der Waals surface area contributed by atoms with Crippen LogP contribution in [0, 0.1) is 31.6 Å². The van der Waals surface area contributed by atoms with Crippen LogP contribution in [-0.2, 0) is 16.1 Å². The number of non-ortho nitro benzene ring substituents is 1. The van der Waals surface area contributed by atoms with Crippen molar-refractivity contribution in [2.45, 2.75) is 20.5 Å². The van der Waals surface area contributed by atoms with E-state index in [0.29, 0.717) is 18.7 Å². The van der Waals surface area contributed by atoms with Gasteiger partial charge < -0.3 is 19.5 Å². The summed E-state index contributed by atoms with van der Waals surface area (Å²) in [6, 6.07) is 8.81. The van der Waals surface area contributed by atoms with Crippen LogP contribution in [0.4, 0.5) is 16.2 Å². The molecule has 0 heterocycles. The highest BCUT2D eigenvalue weighted by Gasteiger charge is 2.23. The third kappa shape index (κ3) is 6.75. The van der Waals surface area contributed by atoms with E-state index < -0.39 is 39.1 Å². The minimum Gasteiger partial charge on any atom is -0.499 e. The van der Waals surface area contributed by atoms with Crippen molar-refractivity contribution in [2.24, 2.45) is 0 Å². The number of hydrogen-bond donors (Lipinski definition) is 1. The standard InChI is InChI=1S/C22H20N4O9/c1-3-24(4-2)21(28)16(12-23)9-15-10-18(26(32)33)20(27)19(11-15)35-22(29)34-13-14-5-7-17(8-6-14)25(30)31/h5-11,27H,3-4,13H2,1-2H3/b16-9+. The molecule has 0 atom stereocenters. The smallest absolute Gasteiger partial charge is 0.499 e. The van der Waals surface area contributed by atoms with E-state index in [1.807, 2.05) is 0 Å². The van der Waals surface area contributed by atoms with Crippen LogP contribution in [0.1, 0.15) is 25.0 Å². The van der Waals surface area contributed by atoms with Gasteiger partial charge in [0.25, 0.3) is 11.6 Å². The van der Waals surface area contributed by atoms with Gasteiger partial charge >= 0.3 is 11.8 Å². The highest BCUT2D eigenvalue weighted by Crippen LogP contribution is 2.38. The van der Waals surface area contributed by atoms with Gasteiger partial charge in [-0.1, -0.05) is 0 Å². The molecule has 1 amide bonds. The number of ether oxygens (including phenoxy) is 2. The molecule has 0 unspecified atom stereocenters. The summed E-state index contributed by atoms with van der Waals surface area (Å²) in [7, 11) is 0. The van der Waals surface area contributed by atoms with Crippen molar-refractivity contribution in [1.82, 2.24) is 4.90 Å². The zero-order valence-corrected chi connectivity index (χ0v) is 18.7. The molecule has 0 fully saturated rings. The van der Waals surface area contributed by atoms with E-state index in [4.69, 9.17) is 9.47 Å². The molecule has 2 aromatic rings. The van der Waals surface area contributed by atoms with Crippen molar-refractivity contribution in [3.05, 3.63) is 73.3 Å². The number of nitriles is 1. The van der Waals surface area contributed by atoms with Gasteiger partial charge in [0, 0.05) is 31.3 Å². The average molecular weight is 484 g/mol. The molecule has 182 valence electrons. The second-order valence-corrected chi connectivity index (χ2v) is 6.86. The fourth-order valence-electron chi connectivity index (χ4n) is 2.88. The van der Waals surface area contributed by atoms with Gasteiger partial charge in [0.2, 0.25) is 5.75 Å². The molecule has 0 aliphatic rings. The Morgan fingerprint density at radius 1 is 1.11 bits per heavy atom. The van der Waals surface area contributed by atoms with Gasteiger partial charge in [-0.25, -0.2) is 4.79 Å². The van der Waals surface area contributed by atoms with Gasteiger partial charge in [-0.15, -0.1) is 0 Å². The van der Waals surface area contributed by atoms with E-state index in [1.54, 1.807) is 19.9 Å². The van der Waals surface area contributed by atoms with E-state index in [2.05, 4.69) is 0 Å². The number of nitro groups is 2. The third-order valence-corrected chi connectivity index (χ3v) is 4.68. The van der Waals surface area contributed by atoms with Gasteiger partial charge in [-0.3, -0.25) is 25.0 Å². The minimum atomic E-state index is -1.33. The molecular weight excluding hydrogens is 464 g/mol. The highest BCUT2D eigenvalue weighted by atomic mass is 16.7. The molecule has 2 rings (SSSR count). The van der Waals surface area contributed by atoms with Crippen molar-refractivity contribution in [2.75, 3.05) is 13.1 Å². The van der Waals surface area contributed by atoms with Crippen LogP contribution in [0.3, 0.4) is 0 Å². The Morgan fingerprint density at radius 2 is 1.74 bits per heavy atom. The molecule has 1 N–H and O–H groups in total. The van der Waals surface area contributed by atoms with Crippen LogP contribution in [0.2, 0.25) is 0 Å². The van der Waals surface area contributed by atoms with Crippen LogP contribution in [0.15, 0.2) is 42.0 Å². The van der Waals surface area contributed by atoms with E-state index in [-0.39, 0.29) is 23.4 Å². The van der Waals surface area contributed by atoms with Gasteiger partial charge in [0.15, 0.2) is 5.75 Å². The van der Waals surface area contributed by atoms with E-state index in [1.165, 1.54) is 29.2 Å². The second-order valence-electron chi connectivity index (χ2n) is 6.86. The number of amides is 1. The molecule has 0 bridgehead atoms. The number of hydrogen-bond acceptors (Lipinski definition) is 10. The van der Waals surface area contributed by atoms with Gasteiger partial charge in [-0.2, -0.15) is 5.26 Å². The van der Waals surface area contributed by atoms with E-state index >= 15 is 0 Å². The van der Waals surface area contributed by atoms with Gasteiger partial charge in [-0.05, 0) is 49.2 Å². The fraction of sp³-hybridized carbons (Fsp3) is 0.227. The number of rotatable bonds is 9. The number of carbonyl (C=O) groups excluding carboxylic acids is 2. The lowest BCUT2D eigenvalue weighted by atomic mass is 10.1. The summed E-state index contributed by atoms with van der Waals surface area (Å²) in [6.45, 7) is 3.76. The molecule has 0 radical (unpaired) electrons. The summed E-state index contributed by atoms with van der Waals surface area (Å²) in [5.74, 6) is -2.20. The Hall–Kier alpha value is -4.99. The Balaban J connectivity index is 2.29. The monoisotopic (exact) mass is 484 g/mol. The molecule has 13 nitrogen and oxygen atoms in total. The quantitative estimate of drug-likeness (QED) is 0.137. The number of nitrogens with zero attached hydrogens (tertiary/aromatic N) is 4.